The first kappa shape index (κ1) is 18.3. The Morgan fingerprint density at radius 2 is 1.41 bits per heavy atom. The van der Waals surface area contributed by atoms with Crippen molar-refractivity contribution in [2.45, 2.75) is 46.5 Å². The molecule has 1 aromatic rings. The van der Waals surface area contributed by atoms with Crippen LogP contribution in [0.2, 0.25) is 0 Å². The first-order valence-corrected chi connectivity index (χ1v) is 6.38. The van der Waals surface area contributed by atoms with Crippen LogP contribution in [0.4, 0.5) is 0 Å². The Kier molecular flexibility index (Phi) is 16.1. The molecular weight excluding hydrogens is 208 g/mol. The maximum Gasteiger partial charge on any atom is 0.0319 e. The van der Waals surface area contributed by atoms with Crippen LogP contribution >= 0.6 is 0 Å². The normalized spacial score (nSPS) is 8.29. The average Bonchev–Trinajstić information content (AvgIpc) is 2.40. The summed E-state index contributed by atoms with van der Waals surface area (Å²) in [5.41, 5.74) is 2.34. The Labute approximate surface area is 107 Å². The van der Waals surface area contributed by atoms with Crippen LogP contribution in [0, 0.1) is 0 Å². The number of aliphatic hydroxyl groups excluding tert-OH is 1. The highest BCUT2D eigenvalue weighted by Gasteiger charge is 1.86. The summed E-state index contributed by atoms with van der Waals surface area (Å²) in [4.78, 5) is 0. The number of unbranched alkanes of at least 4 members (excludes halogenated alkanes) is 3. The number of rotatable bonds is 4. The fraction of sp³-hybridized carbons (Fsp3) is 0.500. The predicted molar refractivity (Wildman–Crippen MR) is 79.1 cm³/mol. The lowest BCUT2D eigenvalue weighted by molar-refractivity contribution is 0.399. The van der Waals surface area contributed by atoms with Gasteiger partial charge in [0.25, 0.3) is 0 Å². The van der Waals surface area contributed by atoms with Crippen molar-refractivity contribution in [2.24, 2.45) is 0 Å². The standard InChI is InChI=1S/C9H10.C6H14.CH4O/c1-8(2)9-6-4-3-5-7-9;1-3-5-6-4-2;1-2/h3-7H,1H2,2H3;3-6H2,1-2H3;2H,1H3. The first-order valence-electron chi connectivity index (χ1n) is 6.38. The molecule has 0 aliphatic heterocycles. The van der Waals surface area contributed by atoms with Crippen molar-refractivity contribution in [3.05, 3.63) is 42.5 Å². The lowest BCUT2D eigenvalue weighted by Crippen LogP contribution is -1.72. The van der Waals surface area contributed by atoms with Crippen molar-refractivity contribution in [1.29, 1.82) is 0 Å². The van der Waals surface area contributed by atoms with Crippen LogP contribution in [0.1, 0.15) is 52.0 Å². The van der Waals surface area contributed by atoms with E-state index in [9.17, 15) is 0 Å². The molecule has 0 radical (unpaired) electrons. The van der Waals surface area contributed by atoms with Gasteiger partial charge in [-0.3, -0.25) is 0 Å². The molecule has 0 amide bonds. The predicted octanol–water partition coefficient (Wildman–Crippen LogP) is 4.91. The average molecular weight is 236 g/mol. The van der Waals surface area contributed by atoms with E-state index in [-0.39, 0.29) is 0 Å². The van der Waals surface area contributed by atoms with E-state index >= 15 is 0 Å². The lowest BCUT2D eigenvalue weighted by Gasteiger charge is -1.94. The zero-order chi connectivity index (χ0) is 13.5. The molecule has 0 spiro atoms. The molecule has 0 heterocycles. The van der Waals surface area contributed by atoms with Gasteiger partial charge in [0.1, 0.15) is 0 Å². The van der Waals surface area contributed by atoms with E-state index in [0.717, 1.165) is 12.7 Å². The van der Waals surface area contributed by atoms with Crippen molar-refractivity contribution in [1.82, 2.24) is 0 Å². The van der Waals surface area contributed by atoms with Crippen LogP contribution in [-0.2, 0) is 0 Å². The zero-order valence-electron chi connectivity index (χ0n) is 11.9. The Bertz CT molecular complexity index is 247. The highest BCUT2D eigenvalue weighted by molar-refractivity contribution is 5.60. The molecule has 0 saturated carbocycles. The second kappa shape index (κ2) is 14.9. The van der Waals surface area contributed by atoms with E-state index in [1.807, 2.05) is 25.1 Å². The Hall–Kier alpha value is -1.08. The van der Waals surface area contributed by atoms with Crippen molar-refractivity contribution in [3.8, 4) is 0 Å². The number of hydrogen-bond donors (Lipinski definition) is 1. The summed E-state index contributed by atoms with van der Waals surface area (Å²) in [5.74, 6) is 0. The monoisotopic (exact) mass is 236 g/mol. The van der Waals surface area contributed by atoms with E-state index in [1.165, 1.54) is 31.2 Å². The molecule has 1 aromatic carbocycles. The molecule has 0 fully saturated rings. The van der Waals surface area contributed by atoms with Crippen LogP contribution in [0.5, 0.6) is 0 Å². The minimum atomic E-state index is 1.00. The summed E-state index contributed by atoms with van der Waals surface area (Å²) in [6, 6.07) is 10.2. The van der Waals surface area contributed by atoms with Gasteiger partial charge >= 0.3 is 0 Å². The highest BCUT2D eigenvalue weighted by Crippen LogP contribution is 2.08. The van der Waals surface area contributed by atoms with Gasteiger partial charge in [-0.05, 0) is 12.5 Å². The Morgan fingerprint density at radius 1 is 1.00 bits per heavy atom. The van der Waals surface area contributed by atoms with Crippen molar-refractivity contribution >= 4 is 5.57 Å². The fourth-order valence-corrected chi connectivity index (χ4v) is 1.22. The summed E-state index contributed by atoms with van der Waals surface area (Å²) in [7, 11) is 1.00. The van der Waals surface area contributed by atoms with Crippen molar-refractivity contribution in [2.75, 3.05) is 7.11 Å². The number of allylic oxidation sites excluding steroid dienone is 1. The smallest absolute Gasteiger partial charge is 0.0319 e. The van der Waals surface area contributed by atoms with Crippen molar-refractivity contribution < 1.29 is 5.11 Å². The lowest BCUT2D eigenvalue weighted by atomic mass is 10.1. The van der Waals surface area contributed by atoms with Gasteiger partial charge in [0, 0.05) is 7.11 Å². The van der Waals surface area contributed by atoms with Gasteiger partial charge in [0.15, 0.2) is 0 Å². The second-order valence-corrected chi connectivity index (χ2v) is 3.85. The highest BCUT2D eigenvalue weighted by atomic mass is 16.2. The van der Waals surface area contributed by atoms with Gasteiger partial charge in [-0.15, -0.1) is 0 Å². The molecule has 0 bridgehead atoms. The third-order valence-electron chi connectivity index (χ3n) is 2.22. The fourth-order valence-electron chi connectivity index (χ4n) is 1.22. The van der Waals surface area contributed by atoms with E-state index in [2.05, 4.69) is 32.6 Å². The van der Waals surface area contributed by atoms with Gasteiger partial charge in [-0.2, -0.15) is 0 Å². The van der Waals surface area contributed by atoms with Gasteiger partial charge in [-0.25, -0.2) is 0 Å². The molecular formula is C16H28O. The van der Waals surface area contributed by atoms with Gasteiger partial charge in [0.05, 0.1) is 0 Å². The largest absolute Gasteiger partial charge is 0.400 e. The molecule has 0 unspecified atom stereocenters. The second-order valence-electron chi connectivity index (χ2n) is 3.85. The molecule has 1 nitrogen and oxygen atoms in total. The zero-order valence-corrected chi connectivity index (χ0v) is 11.9. The minimum absolute atomic E-state index is 1.00. The van der Waals surface area contributed by atoms with Crippen LogP contribution in [-0.4, -0.2) is 12.2 Å². The molecule has 0 aliphatic carbocycles. The number of aliphatic hydroxyl groups is 1. The number of benzene rings is 1. The minimum Gasteiger partial charge on any atom is -0.400 e. The maximum absolute atomic E-state index is 7.00. The van der Waals surface area contributed by atoms with E-state index in [0.29, 0.717) is 0 Å². The van der Waals surface area contributed by atoms with Crippen LogP contribution in [0.25, 0.3) is 5.57 Å². The Balaban J connectivity index is 0. The summed E-state index contributed by atoms with van der Waals surface area (Å²) in [6.45, 7) is 10.3. The summed E-state index contributed by atoms with van der Waals surface area (Å²) in [6.07, 6.45) is 5.54. The molecule has 0 aromatic heterocycles. The molecule has 98 valence electrons. The summed E-state index contributed by atoms with van der Waals surface area (Å²) < 4.78 is 0. The molecule has 0 saturated heterocycles. The quantitative estimate of drug-likeness (QED) is 0.736. The van der Waals surface area contributed by atoms with Gasteiger partial charge in [-0.1, -0.05) is 82.0 Å². The Morgan fingerprint density at radius 3 is 1.65 bits per heavy atom. The molecule has 1 heteroatoms. The maximum atomic E-state index is 7.00. The molecule has 17 heavy (non-hydrogen) atoms. The van der Waals surface area contributed by atoms with Crippen LogP contribution < -0.4 is 0 Å². The molecule has 1 rings (SSSR count). The topological polar surface area (TPSA) is 20.2 Å². The first-order chi connectivity index (χ1) is 8.22. The van der Waals surface area contributed by atoms with E-state index in [4.69, 9.17) is 5.11 Å². The van der Waals surface area contributed by atoms with Crippen LogP contribution in [0.3, 0.4) is 0 Å². The third-order valence-corrected chi connectivity index (χ3v) is 2.22. The van der Waals surface area contributed by atoms with Gasteiger partial charge < -0.3 is 5.11 Å². The van der Waals surface area contributed by atoms with Crippen LogP contribution in [0.15, 0.2) is 36.9 Å². The SMILES string of the molecule is C=C(C)c1ccccc1.CCCCCC.CO. The molecule has 0 atom stereocenters. The molecule has 1 N–H and O–H groups in total. The third kappa shape index (κ3) is 12.9. The van der Waals surface area contributed by atoms with E-state index in [1.54, 1.807) is 0 Å². The molecule has 0 aliphatic rings. The summed E-state index contributed by atoms with van der Waals surface area (Å²) >= 11 is 0. The van der Waals surface area contributed by atoms with E-state index < -0.39 is 0 Å². The summed E-state index contributed by atoms with van der Waals surface area (Å²) in [5, 5.41) is 7.00. The number of hydrogen-bond acceptors (Lipinski definition) is 1. The van der Waals surface area contributed by atoms with Gasteiger partial charge in [0.2, 0.25) is 0 Å². The van der Waals surface area contributed by atoms with Crippen molar-refractivity contribution in [3.63, 3.8) is 0 Å².